The van der Waals surface area contributed by atoms with Crippen LogP contribution in [0, 0.1) is 11.3 Å². The maximum absolute atomic E-state index is 6.44. The number of hydrogen-bond acceptors (Lipinski definition) is 1. The molecular formula is C15H27BrO. The molecule has 0 radical (unpaired) electrons. The van der Waals surface area contributed by atoms with Crippen molar-refractivity contribution >= 4 is 15.9 Å². The summed E-state index contributed by atoms with van der Waals surface area (Å²) in [5.74, 6) is 0.714. The van der Waals surface area contributed by atoms with Crippen molar-refractivity contribution in [3.63, 3.8) is 0 Å². The normalized spacial score (nSPS) is 31.2. The van der Waals surface area contributed by atoms with Crippen molar-refractivity contribution < 1.29 is 4.74 Å². The second kappa shape index (κ2) is 5.21. The van der Waals surface area contributed by atoms with Crippen molar-refractivity contribution in [3.05, 3.63) is 0 Å². The van der Waals surface area contributed by atoms with E-state index >= 15 is 0 Å². The molecule has 1 spiro atoms. The monoisotopic (exact) mass is 302 g/mol. The topological polar surface area (TPSA) is 9.23 Å². The minimum atomic E-state index is 0.300. The van der Waals surface area contributed by atoms with Crippen LogP contribution >= 0.6 is 15.9 Å². The summed E-state index contributed by atoms with van der Waals surface area (Å²) in [5, 5.41) is 1.09. The van der Waals surface area contributed by atoms with E-state index in [2.05, 4.69) is 36.7 Å². The highest BCUT2D eigenvalue weighted by Gasteiger charge is 2.44. The fourth-order valence-electron chi connectivity index (χ4n) is 3.39. The lowest BCUT2D eigenvalue weighted by molar-refractivity contribution is -0.0538. The number of alkyl halides is 1. The first-order valence-electron chi connectivity index (χ1n) is 7.23. The molecule has 100 valence electrons. The number of halogens is 1. The zero-order chi connectivity index (χ0) is 12.5. The summed E-state index contributed by atoms with van der Waals surface area (Å²) in [6.45, 7) is 7.07. The first-order chi connectivity index (χ1) is 8.00. The van der Waals surface area contributed by atoms with Crippen LogP contribution in [0.25, 0.3) is 0 Å². The summed E-state index contributed by atoms with van der Waals surface area (Å²) in [6.07, 6.45) is 9.73. The van der Waals surface area contributed by atoms with E-state index in [4.69, 9.17) is 4.74 Å². The van der Waals surface area contributed by atoms with Gasteiger partial charge in [-0.05, 0) is 43.4 Å². The highest BCUT2D eigenvalue weighted by atomic mass is 79.9. The minimum Gasteiger partial charge on any atom is -0.372 e. The van der Waals surface area contributed by atoms with E-state index in [0.29, 0.717) is 23.0 Å². The molecule has 0 amide bonds. The Hall–Kier alpha value is 0.440. The lowest BCUT2D eigenvalue weighted by Gasteiger charge is -2.35. The van der Waals surface area contributed by atoms with Crippen molar-refractivity contribution in [2.24, 2.45) is 11.3 Å². The van der Waals surface area contributed by atoms with E-state index in [1.807, 2.05) is 0 Å². The molecule has 2 fully saturated rings. The Morgan fingerprint density at radius 1 is 1.29 bits per heavy atom. The Bertz CT molecular complexity index is 258. The van der Waals surface area contributed by atoms with E-state index in [0.717, 1.165) is 5.33 Å². The van der Waals surface area contributed by atoms with Crippen LogP contribution in [0.2, 0.25) is 0 Å². The highest BCUT2D eigenvalue weighted by molar-refractivity contribution is 9.09. The predicted molar refractivity (Wildman–Crippen MR) is 76.7 cm³/mol. The number of hydrogen-bond donors (Lipinski definition) is 0. The molecule has 17 heavy (non-hydrogen) atoms. The number of rotatable bonds is 4. The lowest BCUT2D eigenvalue weighted by Crippen LogP contribution is -2.32. The smallest absolute Gasteiger partial charge is 0.0687 e. The van der Waals surface area contributed by atoms with Gasteiger partial charge in [0, 0.05) is 5.33 Å². The molecule has 2 rings (SSSR count). The summed E-state index contributed by atoms with van der Waals surface area (Å²) in [5.41, 5.74) is 0.684. The van der Waals surface area contributed by atoms with Gasteiger partial charge in [0.1, 0.15) is 0 Å². The lowest BCUT2D eigenvalue weighted by atomic mass is 9.76. The average Bonchev–Trinajstić information content (AvgIpc) is 2.90. The van der Waals surface area contributed by atoms with Gasteiger partial charge in [-0.2, -0.15) is 0 Å². The van der Waals surface area contributed by atoms with Crippen LogP contribution in [0.3, 0.4) is 0 Å². The van der Waals surface area contributed by atoms with Crippen molar-refractivity contribution in [1.29, 1.82) is 0 Å². The van der Waals surface area contributed by atoms with Gasteiger partial charge in [0.2, 0.25) is 0 Å². The third-order valence-corrected chi connectivity index (χ3v) is 6.53. The van der Waals surface area contributed by atoms with Gasteiger partial charge in [0.05, 0.1) is 11.7 Å². The maximum Gasteiger partial charge on any atom is 0.0687 e. The SMILES string of the molecule is CC(C)C(C)(CBr)CC1CCC2(CCCC2)O1. The Morgan fingerprint density at radius 2 is 1.94 bits per heavy atom. The molecule has 0 aromatic carbocycles. The molecule has 1 nitrogen and oxygen atoms in total. The van der Waals surface area contributed by atoms with E-state index in [-0.39, 0.29) is 0 Å². The fourth-order valence-corrected chi connectivity index (χ4v) is 4.27. The van der Waals surface area contributed by atoms with Crippen LogP contribution in [0.1, 0.15) is 65.7 Å². The minimum absolute atomic E-state index is 0.300. The van der Waals surface area contributed by atoms with E-state index in [1.165, 1.54) is 44.9 Å². The fraction of sp³-hybridized carbons (Fsp3) is 1.00. The standard InChI is InChI=1S/C15H27BrO/c1-12(2)14(3,11-16)10-13-6-9-15(17-13)7-4-5-8-15/h12-13H,4-11H2,1-3H3. The van der Waals surface area contributed by atoms with Crippen molar-refractivity contribution in [2.45, 2.75) is 77.4 Å². The number of ether oxygens (including phenoxy) is 1. The third kappa shape index (κ3) is 2.89. The van der Waals surface area contributed by atoms with Gasteiger partial charge in [0.25, 0.3) is 0 Å². The molecule has 0 aromatic heterocycles. The molecule has 2 aliphatic rings. The Balaban J connectivity index is 1.92. The third-order valence-electron chi connectivity index (χ3n) is 5.25. The van der Waals surface area contributed by atoms with Crippen LogP contribution in [0.5, 0.6) is 0 Å². The average molecular weight is 303 g/mol. The van der Waals surface area contributed by atoms with Gasteiger partial charge < -0.3 is 4.74 Å². The molecule has 0 aromatic rings. The van der Waals surface area contributed by atoms with Crippen LogP contribution in [0.15, 0.2) is 0 Å². The molecular weight excluding hydrogens is 276 g/mol. The molecule has 1 heterocycles. The van der Waals surface area contributed by atoms with Gasteiger partial charge in [0.15, 0.2) is 0 Å². The van der Waals surface area contributed by atoms with Crippen LogP contribution in [-0.4, -0.2) is 17.0 Å². The molecule has 2 atom stereocenters. The quantitative estimate of drug-likeness (QED) is 0.669. The molecule has 2 unspecified atom stereocenters. The van der Waals surface area contributed by atoms with Gasteiger partial charge in [-0.25, -0.2) is 0 Å². The van der Waals surface area contributed by atoms with Crippen molar-refractivity contribution in [3.8, 4) is 0 Å². The van der Waals surface area contributed by atoms with Gasteiger partial charge in [-0.3, -0.25) is 0 Å². The second-order valence-electron chi connectivity index (χ2n) is 6.82. The van der Waals surface area contributed by atoms with Gasteiger partial charge >= 0.3 is 0 Å². The molecule has 1 aliphatic carbocycles. The van der Waals surface area contributed by atoms with E-state index in [1.54, 1.807) is 0 Å². The zero-order valence-corrected chi connectivity index (χ0v) is 13.2. The maximum atomic E-state index is 6.44. The predicted octanol–water partition coefficient (Wildman–Crippen LogP) is 4.93. The van der Waals surface area contributed by atoms with Crippen LogP contribution in [-0.2, 0) is 4.74 Å². The summed E-state index contributed by atoms with van der Waals surface area (Å²) in [4.78, 5) is 0. The first kappa shape index (κ1) is 13.9. The van der Waals surface area contributed by atoms with E-state index in [9.17, 15) is 0 Å². The van der Waals surface area contributed by atoms with E-state index < -0.39 is 0 Å². The Morgan fingerprint density at radius 3 is 2.47 bits per heavy atom. The molecule has 1 saturated carbocycles. The van der Waals surface area contributed by atoms with Gasteiger partial charge in [-0.15, -0.1) is 0 Å². The molecule has 2 heteroatoms. The first-order valence-corrected chi connectivity index (χ1v) is 8.36. The summed E-state index contributed by atoms with van der Waals surface area (Å²) < 4.78 is 6.44. The second-order valence-corrected chi connectivity index (χ2v) is 7.38. The summed E-state index contributed by atoms with van der Waals surface area (Å²) in [6, 6.07) is 0. The van der Waals surface area contributed by atoms with Gasteiger partial charge in [-0.1, -0.05) is 49.5 Å². The molecule has 1 saturated heterocycles. The van der Waals surface area contributed by atoms with Crippen molar-refractivity contribution in [2.75, 3.05) is 5.33 Å². The molecule has 0 bridgehead atoms. The Labute approximate surface area is 115 Å². The van der Waals surface area contributed by atoms with Crippen LogP contribution in [0.4, 0.5) is 0 Å². The summed E-state index contributed by atoms with van der Waals surface area (Å²) >= 11 is 3.70. The largest absolute Gasteiger partial charge is 0.372 e. The molecule has 1 aliphatic heterocycles. The Kier molecular flexibility index (Phi) is 4.24. The van der Waals surface area contributed by atoms with Crippen LogP contribution < -0.4 is 0 Å². The highest BCUT2D eigenvalue weighted by Crippen LogP contribution is 2.47. The summed E-state index contributed by atoms with van der Waals surface area (Å²) in [7, 11) is 0. The molecule has 0 N–H and O–H groups in total. The van der Waals surface area contributed by atoms with Crippen molar-refractivity contribution in [1.82, 2.24) is 0 Å². The zero-order valence-electron chi connectivity index (χ0n) is 11.6.